The largest absolute Gasteiger partial charge is 0.493 e. The van der Waals surface area contributed by atoms with Gasteiger partial charge in [-0.25, -0.2) is 0 Å². The summed E-state index contributed by atoms with van der Waals surface area (Å²) in [5.74, 6) is 2.39. The average Bonchev–Trinajstić information content (AvgIpc) is 3.50. The van der Waals surface area contributed by atoms with Crippen LogP contribution in [0.4, 0.5) is 0 Å². The summed E-state index contributed by atoms with van der Waals surface area (Å²) in [4.78, 5) is 15.6. The van der Waals surface area contributed by atoms with Crippen molar-refractivity contribution in [2.45, 2.75) is 12.5 Å². The first-order valence-electron chi connectivity index (χ1n) is 12.1. The number of hydrogen-bond acceptors (Lipinski definition) is 6. The number of aromatic nitrogens is 2. The van der Waals surface area contributed by atoms with Crippen molar-refractivity contribution >= 4 is 17.5 Å². The summed E-state index contributed by atoms with van der Waals surface area (Å²) in [6.07, 6.45) is 0.615. The third-order valence-corrected chi connectivity index (χ3v) is 7.05. The molecule has 0 spiro atoms. The van der Waals surface area contributed by atoms with Gasteiger partial charge < -0.3 is 23.8 Å². The standard InChI is InChI=1S/C29H28ClN3O5/c1-35-21-11-5-17(15-23(21)37-3)13-14-33-28(19-8-12-22(36-2)24(16-19)38-4)25-26(31-32-27(25)29(33)34)18-6-9-20(30)10-7-18/h5-12,15-16,28H,13-14H2,1-4H3,(H,31,32). The van der Waals surface area contributed by atoms with Crippen molar-refractivity contribution in [3.8, 4) is 34.3 Å². The molecule has 0 fully saturated rings. The van der Waals surface area contributed by atoms with E-state index in [4.69, 9.17) is 30.5 Å². The number of fused-ring (bicyclic) bond motifs is 1. The smallest absolute Gasteiger partial charge is 0.273 e. The Labute approximate surface area is 226 Å². The summed E-state index contributed by atoms with van der Waals surface area (Å²) in [5, 5.41) is 8.16. The van der Waals surface area contributed by atoms with Crippen LogP contribution in [0.3, 0.4) is 0 Å². The molecule has 0 radical (unpaired) electrons. The molecule has 4 aromatic rings. The molecule has 1 N–H and O–H groups in total. The minimum absolute atomic E-state index is 0.118. The Morgan fingerprint density at radius 2 is 1.47 bits per heavy atom. The van der Waals surface area contributed by atoms with E-state index in [1.54, 1.807) is 28.4 Å². The van der Waals surface area contributed by atoms with E-state index in [0.29, 0.717) is 52.4 Å². The van der Waals surface area contributed by atoms with E-state index in [9.17, 15) is 4.79 Å². The molecule has 1 unspecified atom stereocenters. The minimum atomic E-state index is -0.387. The fourth-order valence-corrected chi connectivity index (χ4v) is 5.04. The predicted octanol–water partition coefficient (Wildman–Crippen LogP) is 5.55. The van der Waals surface area contributed by atoms with Crippen LogP contribution in [0.25, 0.3) is 11.3 Å². The van der Waals surface area contributed by atoms with Gasteiger partial charge in [0.1, 0.15) is 5.69 Å². The van der Waals surface area contributed by atoms with E-state index in [1.807, 2.05) is 65.6 Å². The van der Waals surface area contributed by atoms with Gasteiger partial charge >= 0.3 is 0 Å². The van der Waals surface area contributed by atoms with Crippen LogP contribution in [0.1, 0.15) is 33.2 Å². The highest BCUT2D eigenvalue weighted by Crippen LogP contribution is 2.44. The quantitative estimate of drug-likeness (QED) is 0.303. The molecule has 1 aliphatic heterocycles. The number of halogens is 1. The highest BCUT2D eigenvalue weighted by Gasteiger charge is 2.42. The van der Waals surface area contributed by atoms with Crippen molar-refractivity contribution in [1.29, 1.82) is 0 Å². The molecule has 1 aromatic heterocycles. The number of aromatic amines is 1. The summed E-state index contributed by atoms with van der Waals surface area (Å²) in [6.45, 7) is 0.468. The molecule has 38 heavy (non-hydrogen) atoms. The Kier molecular flexibility index (Phi) is 7.15. The van der Waals surface area contributed by atoms with Crippen molar-refractivity contribution in [2.24, 2.45) is 0 Å². The maximum Gasteiger partial charge on any atom is 0.273 e. The zero-order valence-corrected chi connectivity index (χ0v) is 22.3. The number of methoxy groups -OCH3 is 4. The van der Waals surface area contributed by atoms with E-state index >= 15 is 0 Å². The molecule has 0 saturated carbocycles. The van der Waals surface area contributed by atoms with Gasteiger partial charge in [-0.05, 0) is 53.9 Å². The first-order chi connectivity index (χ1) is 18.5. The van der Waals surface area contributed by atoms with Crippen molar-refractivity contribution in [3.05, 3.63) is 88.1 Å². The highest BCUT2D eigenvalue weighted by molar-refractivity contribution is 6.30. The fraction of sp³-hybridized carbons (Fsp3) is 0.241. The summed E-state index contributed by atoms with van der Waals surface area (Å²) in [5.41, 5.74) is 4.77. The van der Waals surface area contributed by atoms with E-state index in [2.05, 4.69) is 10.2 Å². The van der Waals surface area contributed by atoms with E-state index in [-0.39, 0.29) is 11.9 Å². The van der Waals surface area contributed by atoms with Crippen molar-refractivity contribution in [1.82, 2.24) is 15.1 Å². The topological polar surface area (TPSA) is 85.9 Å². The monoisotopic (exact) mass is 533 g/mol. The number of H-pyrrole nitrogens is 1. The summed E-state index contributed by atoms with van der Waals surface area (Å²) in [7, 11) is 6.40. The Bertz CT molecular complexity index is 1470. The number of nitrogens with one attached hydrogen (secondary N) is 1. The lowest BCUT2D eigenvalue weighted by Crippen LogP contribution is -2.31. The Hall–Kier alpha value is -4.17. The van der Waals surface area contributed by atoms with Crippen LogP contribution in [-0.4, -0.2) is 56.0 Å². The van der Waals surface area contributed by atoms with Gasteiger partial charge in [-0.3, -0.25) is 9.89 Å². The lowest BCUT2D eigenvalue weighted by molar-refractivity contribution is 0.0745. The number of amides is 1. The minimum Gasteiger partial charge on any atom is -0.493 e. The van der Waals surface area contributed by atoms with Crippen LogP contribution >= 0.6 is 11.6 Å². The van der Waals surface area contributed by atoms with Gasteiger partial charge in [0, 0.05) is 22.7 Å². The lowest BCUT2D eigenvalue weighted by Gasteiger charge is -2.27. The fourth-order valence-electron chi connectivity index (χ4n) is 4.91. The summed E-state index contributed by atoms with van der Waals surface area (Å²) in [6, 6.07) is 18.6. The molecule has 1 aliphatic rings. The number of rotatable bonds is 9. The van der Waals surface area contributed by atoms with Gasteiger partial charge in [0.15, 0.2) is 23.0 Å². The van der Waals surface area contributed by atoms with Gasteiger partial charge in [-0.1, -0.05) is 35.9 Å². The summed E-state index contributed by atoms with van der Waals surface area (Å²) < 4.78 is 21.9. The third-order valence-electron chi connectivity index (χ3n) is 6.79. The number of hydrogen-bond donors (Lipinski definition) is 1. The Morgan fingerprint density at radius 3 is 2.13 bits per heavy atom. The van der Waals surface area contributed by atoms with E-state index in [1.165, 1.54) is 0 Å². The maximum atomic E-state index is 13.7. The summed E-state index contributed by atoms with van der Waals surface area (Å²) >= 11 is 6.13. The SMILES string of the molecule is COc1ccc(CCN2C(=O)c3[nH]nc(-c4ccc(Cl)cc4)c3C2c2ccc(OC)c(OC)c2)cc1OC. The highest BCUT2D eigenvalue weighted by atomic mass is 35.5. The molecule has 2 heterocycles. The van der Waals surface area contributed by atoms with Crippen molar-refractivity contribution in [2.75, 3.05) is 35.0 Å². The number of carbonyl (C=O) groups is 1. The molecular weight excluding hydrogens is 506 g/mol. The van der Waals surface area contributed by atoms with Crippen LogP contribution in [0, 0.1) is 0 Å². The van der Waals surface area contributed by atoms with Gasteiger partial charge in [-0.2, -0.15) is 5.10 Å². The first-order valence-corrected chi connectivity index (χ1v) is 12.4. The zero-order chi connectivity index (χ0) is 26.8. The number of carbonyl (C=O) groups excluding carboxylic acids is 1. The van der Waals surface area contributed by atoms with Crippen molar-refractivity contribution in [3.63, 3.8) is 0 Å². The van der Waals surface area contributed by atoms with Gasteiger partial charge in [0.05, 0.1) is 40.2 Å². The van der Waals surface area contributed by atoms with Crippen LogP contribution in [0.2, 0.25) is 5.02 Å². The van der Waals surface area contributed by atoms with Gasteiger partial charge in [-0.15, -0.1) is 0 Å². The Balaban J connectivity index is 1.56. The molecule has 196 valence electrons. The molecule has 5 rings (SSSR count). The number of nitrogens with zero attached hydrogens (tertiary/aromatic N) is 2. The van der Waals surface area contributed by atoms with Gasteiger partial charge in [0.2, 0.25) is 0 Å². The molecule has 0 saturated heterocycles. The predicted molar refractivity (Wildman–Crippen MR) is 145 cm³/mol. The molecule has 1 atom stereocenters. The van der Waals surface area contributed by atoms with Crippen molar-refractivity contribution < 1.29 is 23.7 Å². The third kappa shape index (κ3) is 4.52. The molecule has 8 nitrogen and oxygen atoms in total. The molecule has 0 bridgehead atoms. The van der Waals surface area contributed by atoms with E-state index in [0.717, 1.165) is 22.3 Å². The molecule has 3 aromatic carbocycles. The van der Waals surface area contributed by atoms with Gasteiger partial charge in [0.25, 0.3) is 5.91 Å². The van der Waals surface area contributed by atoms with Crippen LogP contribution in [0.15, 0.2) is 60.7 Å². The number of ether oxygens (including phenoxy) is 4. The molecule has 0 aliphatic carbocycles. The second-order valence-corrected chi connectivity index (χ2v) is 9.26. The second kappa shape index (κ2) is 10.7. The molecule has 9 heteroatoms. The van der Waals surface area contributed by atoms with Crippen LogP contribution < -0.4 is 18.9 Å². The number of benzene rings is 3. The van der Waals surface area contributed by atoms with Crippen LogP contribution in [-0.2, 0) is 6.42 Å². The normalized spacial score (nSPS) is 14.4. The molecular formula is C29H28ClN3O5. The van der Waals surface area contributed by atoms with E-state index < -0.39 is 0 Å². The van der Waals surface area contributed by atoms with Crippen LogP contribution in [0.5, 0.6) is 23.0 Å². The maximum absolute atomic E-state index is 13.7. The molecule has 1 amide bonds. The zero-order valence-electron chi connectivity index (χ0n) is 21.6. The first kappa shape index (κ1) is 25.5. The lowest BCUT2D eigenvalue weighted by atomic mass is 9.95. The average molecular weight is 534 g/mol. The Morgan fingerprint density at radius 1 is 0.842 bits per heavy atom. The second-order valence-electron chi connectivity index (χ2n) is 8.82.